The van der Waals surface area contributed by atoms with E-state index in [0.29, 0.717) is 12.1 Å². The predicted molar refractivity (Wildman–Crippen MR) is 86.0 cm³/mol. The molecule has 5 heteroatoms. The van der Waals surface area contributed by atoms with Crippen molar-refractivity contribution in [1.82, 2.24) is 10.3 Å². The van der Waals surface area contributed by atoms with Crippen LogP contribution in [0.3, 0.4) is 0 Å². The Morgan fingerprint density at radius 1 is 1.17 bits per heavy atom. The molecule has 2 aromatic rings. The standard InChI is InChI=1S/C18H20N2O3/c1-11-5-7-12(8-6-11)13-10-15(21)17(22)16(13)20-18(23)14-4-2-3-9-19-14/h2-9,13,15-17,21-22H,10H2,1H3,(H,20,23). The summed E-state index contributed by atoms with van der Waals surface area (Å²) in [5, 5.41) is 23.1. The Balaban J connectivity index is 1.82. The third-order valence-electron chi connectivity index (χ3n) is 4.39. The molecule has 1 aliphatic carbocycles. The van der Waals surface area contributed by atoms with Crippen LogP contribution in [0, 0.1) is 6.92 Å². The fourth-order valence-corrected chi connectivity index (χ4v) is 3.09. The van der Waals surface area contributed by atoms with Crippen LogP contribution in [0.15, 0.2) is 48.7 Å². The van der Waals surface area contributed by atoms with Gasteiger partial charge in [-0.3, -0.25) is 9.78 Å². The Morgan fingerprint density at radius 3 is 2.57 bits per heavy atom. The number of amides is 1. The fraction of sp³-hybridized carbons (Fsp3) is 0.333. The Bertz CT molecular complexity index is 672. The smallest absolute Gasteiger partial charge is 0.270 e. The number of aryl methyl sites for hydroxylation is 1. The van der Waals surface area contributed by atoms with Gasteiger partial charge in [0.25, 0.3) is 5.91 Å². The van der Waals surface area contributed by atoms with Gasteiger partial charge < -0.3 is 15.5 Å². The second-order valence-corrected chi connectivity index (χ2v) is 6.03. The summed E-state index contributed by atoms with van der Waals surface area (Å²) < 4.78 is 0. The summed E-state index contributed by atoms with van der Waals surface area (Å²) in [5.74, 6) is -0.478. The Morgan fingerprint density at radius 2 is 1.91 bits per heavy atom. The number of rotatable bonds is 3. The summed E-state index contributed by atoms with van der Waals surface area (Å²) in [6, 6.07) is 12.5. The molecule has 1 fully saturated rings. The van der Waals surface area contributed by atoms with Crippen LogP contribution in [0.4, 0.5) is 0 Å². The first-order valence-corrected chi connectivity index (χ1v) is 7.71. The minimum atomic E-state index is -0.992. The third-order valence-corrected chi connectivity index (χ3v) is 4.39. The molecule has 3 N–H and O–H groups in total. The lowest BCUT2D eigenvalue weighted by Gasteiger charge is -2.23. The van der Waals surface area contributed by atoms with Crippen molar-refractivity contribution in [2.24, 2.45) is 0 Å². The van der Waals surface area contributed by atoms with E-state index in [1.165, 1.54) is 0 Å². The van der Waals surface area contributed by atoms with Gasteiger partial charge in [0, 0.05) is 12.1 Å². The van der Waals surface area contributed by atoms with Gasteiger partial charge in [0.05, 0.1) is 12.1 Å². The van der Waals surface area contributed by atoms with Gasteiger partial charge in [-0.1, -0.05) is 35.9 Å². The maximum atomic E-state index is 12.3. The summed E-state index contributed by atoms with van der Waals surface area (Å²) >= 11 is 0. The molecule has 1 aromatic heterocycles. The fourth-order valence-electron chi connectivity index (χ4n) is 3.09. The van der Waals surface area contributed by atoms with Crippen molar-refractivity contribution in [2.45, 2.75) is 37.5 Å². The van der Waals surface area contributed by atoms with Crippen molar-refractivity contribution in [3.8, 4) is 0 Å². The van der Waals surface area contributed by atoms with Gasteiger partial charge in [-0.2, -0.15) is 0 Å². The van der Waals surface area contributed by atoms with E-state index in [-0.39, 0.29) is 11.8 Å². The Kier molecular flexibility index (Phi) is 4.41. The maximum absolute atomic E-state index is 12.3. The third kappa shape index (κ3) is 3.25. The molecule has 120 valence electrons. The number of hydrogen-bond donors (Lipinski definition) is 3. The highest BCUT2D eigenvalue weighted by molar-refractivity contribution is 5.92. The van der Waals surface area contributed by atoms with Gasteiger partial charge in [-0.25, -0.2) is 0 Å². The summed E-state index contributed by atoms with van der Waals surface area (Å²) in [5.41, 5.74) is 2.43. The monoisotopic (exact) mass is 312 g/mol. The van der Waals surface area contributed by atoms with E-state index >= 15 is 0 Å². The first-order chi connectivity index (χ1) is 11.1. The normalized spacial score (nSPS) is 26.9. The van der Waals surface area contributed by atoms with E-state index in [9.17, 15) is 15.0 Å². The van der Waals surface area contributed by atoms with Crippen LogP contribution in [0.2, 0.25) is 0 Å². The first-order valence-electron chi connectivity index (χ1n) is 7.71. The van der Waals surface area contributed by atoms with E-state index in [4.69, 9.17) is 0 Å². The SMILES string of the molecule is Cc1ccc(C2CC(O)C(O)C2NC(=O)c2ccccn2)cc1. The van der Waals surface area contributed by atoms with Crippen LogP contribution in [-0.2, 0) is 0 Å². The van der Waals surface area contributed by atoms with Gasteiger partial charge >= 0.3 is 0 Å². The minimum Gasteiger partial charge on any atom is -0.390 e. The highest BCUT2D eigenvalue weighted by Crippen LogP contribution is 2.35. The molecule has 4 unspecified atom stereocenters. The molecule has 0 radical (unpaired) electrons. The quantitative estimate of drug-likeness (QED) is 0.800. The molecule has 1 aromatic carbocycles. The number of nitrogens with one attached hydrogen (secondary N) is 1. The zero-order chi connectivity index (χ0) is 16.4. The number of benzene rings is 1. The average Bonchev–Trinajstić information content (AvgIpc) is 2.85. The summed E-state index contributed by atoms with van der Waals surface area (Å²) in [4.78, 5) is 16.3. The van der Waals surface area contributed by atoms with E-state index in [0.717, 1.165) is 11.1 Å². The van der Waals surface area contributed by atoms with E-state index in [1.807, 2.05) is 31.2 Å². The lowest BCUT2D eigenvalue weighted by Crippen LogP contribution is -2.45. The molecule has 4 atom stereocenters. The zero-order valence-corrected chi connectivity index (χ0v) is 12.9. The number of pyridine rings is 1. The molecule has 5 nitrogen and oxygen atoms in total. The number of aromatic nitrogens is 1. The summed E-state index contributed by atoms with van der Waals surface area (Å²) in [6.45, 7) is 2.00. The largest absolute Gasteiger partial charge is 0.390 e. The second-order valence-electron chi connectivity index (χ2n) is 6.03. The molecule has 3 rings (SSSR count). The number of carbonyl (C=O) groups is 1. The molecule has 23 heavy (non-hydrogen) atoms. The molecule has 0 spiro atoms. The lowest BCUT2D eigenvalue weighted by atomic mass is 9.93. The van der Waals surface area contributed by atoms with E-state index < -0.39 is 18.2 Å². The number of aliphatic hydroxyl groups is 2. The zero-order valence-electron chi connectivity index (χ0n) is 12.9. The average molecular weight is 312 g/mol. The molecule has 1 heterocycles. The molecule has 0 bridgehead atoms. The number of aliphatic hydroxyl groups excluding tert-OH is 2. The molecular weight excluding hydrogens is 292 g/mol. The van der Waals surface area contributed by atoms with Gasteiger partial charge in [-0.15, -0.1) is 0 Å². The Hall–Kier alpha value is -2.24. The lowest BCUT2D eigenvalue weighted by molar-refractivity contribution is 0.0294. The van der Waals surface area contributed by atoms with Crippen molar-refractivity contribution in [3.05, 3.63) is 65.5 Å². The van der Waals surface area contributed by atoms with Crippen molar-refractivity contribution >= 4 is 5.91 Å². The summed E-state index contributed by atoms with van der Waals surface area (Å²) in [6.07, 6.45) is 0.119. The van der Waals surface area contributed by atoms with Crippen molar-refractivity contribution in [3.63, 3.8) is 0 Å². The molecule has 1 aliphatic rings. The van der Waals surface area contributed by atoms with Gasteiger partial charge in [0.15, 0.2) is 0 Å². The number of hydrogen-bond acceptors (Lipinski definition) is 4. The highest BCUT2D eigenvalue weighted by Gasteiger charge is 2.43. The number of nitrogens with zero attached hydrogens (tertiary/aromatic N) is 1. The summed E-state index contributed by atoms with van der Waals surface area (Å²) in [7, 11) is 0. The van der Waals surface area contributed by atoms with Crippen molar-refractivity contribution in [1.29, 1.82) is 0 Å². The van der Waals surface area contributed by atoms with E-state index in [2.05, 4.69) is 10.3 Å². The number of carbonyl (C=O) groups excluding carboxylic acids is 1. The maximum Gasteiger partial charge on any atom is 0.270 e. The van der Waals surface area contributed by atoms with E-state index in [1.54, 1.807) is 24.4 Å². The van der Waals surface area contributed by atoms with Crippen LogP contribution in [0.5, 0.6) is 0 Å². The Labute approximate surface area is 135 Å². The van der Waals surface area contributed by atoms with Crippen LogP contribution >= 0.6 is 0 Å². The molecule has 0 saturated heterocycles. The van der Waals surface area contributed by atoms with Crippen LogP contribution in [-0.4, -0.2) is 39.4 Å². The highest BCUT2D eigenvalue weighted by atomic mass is 16.3. The first kappa shape index (κ1) is 15.6. The van der Waals surface area contributed by atoms with Gasteiger partial charge in [-0.05, 0) is 31.0 Å². The molecule has 1 amide bonds. The van der Waals surface area contributed by atoms with Crippen molar-refractivity contribution < 1.29 is 15.0 Å². The minimum absolute atomic E-state index is 0.131. The van der Waals surface area contributed by atoms with Gasteiger partial charge in [0.1, 0.15) is 11.8 Å². The van der Waals surface area contributed by atoms with Gasteiger partial charge in [0.2, 0.25) is 0 Å². The van der Waals surface area contributed by atoms with Crippen LogP contribution in [0.25, 0.3) is 0 Å². The van der Waals surface area contributed by atoms with Crippen molar-refractivity contribution in [2.75, 3.05) is 0 Å². The van der Waals surface area contributed by atoms with Crippen LogP contribution in [0.1, 0.15) is 34.0 Å². The molecule has 0 aliphatic heterocycles. The molecule has 1 saturated carbocycles. The topological polar surface area (TPSA) is 82.5 Å². The molecular formula is C18H20N2O3. The second kappa shape index (κ2) is 6.48. The predicted octanol–water partition coefficient (Wildman–Crippen LogP) is 1.40. The van der Waals surface area contributed by atoms with Crippen LogP contribution < -0.4 is 5.32 Å².